The minimum Gasteiger partial charge on any atom is -0.467 e. The van der Waals surface area contributed by atoms with Crippen LogP contribution in [0.2, 0.25) is 0 Å². The fourth-order valence-corrected chi connectivity index (χ4v) is 2.65. The summed E-state index contributed by atoms with van der Waals surface area (Å²) in [5, 5.41) is 2.65. The van der Waals surface area contributed by atoms with E-state index >= 15 is 0 Å². The molecule has 1 saturated heterocycles. The first-order valence-electron chi connectivity index (χ1n) is 7.31. The van der Waals surface area contributed by atoms with Crippen molar-refractivity contribution in [3.63, 3.8) is 0 Å². The van der Waals surface area contributed by atoms with Crippen LogP contribution in [0.1, 0.15) is 29.0 Å². The molecule has 0 unspecified atom stereocenters. The van der Waals surface area contributed by atoms with Gasteiger partial charge in [0.25, 0.3) is 5.91 Å². The molecule has 6 heteroatoms. The predicted octanol–water partition coefficient (Wildman–Crippen LogP) is 2.73. The highest BCUT2D eigenvalue weighted by Crippen LogP contribution is 2.31. The summed E-state index contributed by atoms with van der Waals surface area (Å²) >= 11 is 0. The van der Waals surface area contributed by atoms with Gasteiger partial charge in [0, 0.05) is 13.1 Å². The number of carbonyl (C=O) groups excluding carboxylic acids is 1. The summed E-state index contributed by atoms with van der Waals surface area (Å²) in [7, 11) is 0. The van der Waals surface area contributed by atoms with Crippen LogP contribution < -0.4 is 16.0 Å². The summed E-state index contributed by atoms with van der Waals surface area (Å²) in [6, 6.07) is 6.38. The molecule has 3 rings (SSSR count). The SMILES string of the molecule is NCc1cc(C(=O)Nc2c(F)cccc2N2CCCC2)co1. The molecular formula is C16H18FN3O2. The predicted molar refractivity (Wildman–Crippen MR) is 82.4 cm³/mol. The number of nitrogens with two attached hydrogens (primary N) is 1. The van der Waals surface area contributed by atoms with Crippen LogP contribution in [-0.4, -0.2) is 19.0 Å². The second-order valence-corrected chi connectivity index (χ2v) is 5.29. The molecule has 2 aromatic rings. The zero-order chi connectivity index (χ0) is 15.5. The van der Waals surface area contributed by atoms with Gasteiger partial charge in [-0.05, 0) is 31.0 Å². The third-order valence-electron chi connectivity index (χ3n) is 3.79. The van der Waals surface area contributed by atoms with Crippen molar-refractivity contribution >= 4 is 17.3 Å². The van der Waals surface area contributed by atoms with E-state index in [0.717, 1.165) is 25.9 Å². The number of furan rings is 1. The molecule has 116 valence electrons. The summed E-state index contributed by atoms with van der Waals surface area (Å²) in [5.74, 6) is -0.340. The van der Waals surface area contributed by atoms with Gasteiger partial charge >= 0.3 is 0 Å². The summed E-state index contributed by atoms with van der Waals surface area (Å²) in [5.41, 5.74) is 6.71. The Morgan fingerprint density at radius 3 is 2.82 bits per heavy atom. The monoisotopic (exact) mass is 303 g/mol. The smallest absolute Gasteiger partial charge is 0.259 e. The molecule has 5 nitrogen and oxygen atoms in total. The molecule has 0 spiro atoms. The van der Waals surface area contributed by atoms with E-state index in [4.69, 9.17) is 10.2 Å². The molecule has 0 atom stereocenters. The number of para-hydroxylation sites is 1. The van der Waals surface area contributed by atoms with Crippen molar-refractivity contribution in [1.82, 2.24) is 0 Å². The summed E-state index contributed by atoms with van der Waals surface area (Å²) < 4.78 is 19.3. The number of nitrogens with one attached hydrogen (secondary N) is 1. The summed E-state index contributed by atoms with van der Waals surface area (Å²) in [6.07, 6.45) is 3.48. The molecule has 1 aromatic carbocycles. The first kappa shape index (κ1) is 14.6. The maximum absolute atomic E-state index is 14.2. The molecule has 1 aliphatic rings. The normalized spacial score (nSPS) is 14.4. The van der Waals surface area contributed by atoms with E-state index in [-0.39, 0.29) is 12.2 Å². The molecule has 0 radical (unpaired) electrons. The van der Waals surface area contributed by atoms with Crippen molar-refractivity contribution in [2.45, 2.75) is 19.4 Å². The number of halogens is 1. The number of nitrogens with zero attached hydrogens (tertiary/aromatic N) is 1. The van der Waals surface area contributed by atoms with Crippen molar-refractivity contribution in [2.75, 3.05) is 23.3 Å². The highest BCUT2D eigenvalue weighted by Gasteiger charge is 2.20. The molecule has 1 amide bonds. The molecule has 22 heavy (non-hydrogen) atoms. The van der Waals surface area contributed by atoms with E-state index in [9.17, 15) is 9.18 Å². The van der Waals surface area contributed by atoms with Crippen molar-refractivity contribution in [3.8, 4) is 0 Å². The fraction of sp³-hybridized carbons (Fsp3) is 0.312. The Labute approximate surface area is 127 Å². The lowest BCUT2D eigenvalue weighted by Gasteiger charge is -2.21. The van der Waals surface area contributed by atoms with Gasteiger partial charge in [-0.3, -0.25) is 4.79 Å². The van der Waals surface area contributed by atoms with Crippen LogP contribution >= 0.6 is 0 Å². The van der Waals surface area contributed by atoms with Gasteiger partial charge in [0.1, 0.15) is 23.5 Å². The van der Waals surface area contributed by atoms with Gasteiger partial charge in [-0.25, -0.2) is 4.39 Å². The summed E-state index contributed by atoms with van der Waals surface area (Å²) in [6.45, 7) is 1.96. The number of hydrogen-bond donors (Lipinski definition) is 2. The Kier molecular flexibility index (Phi) is 4.11. The second-order valence-electron chi connectivity index (χ2n) is 5.29. The van der Waals surface area contributed by atoms with Crippen LogP contribution in [0.15, 0.2) is 34.9 Å². The zero-order valence-electron chi connectivity index (χ0n) is 12.1. The van der Waals surface area contributed by atoms with Crippen molar-refractivity contribution in [3.05, 3.63) is 47.7 Å². The van der Waals surface area contributed by atoms with Crippen molar-refractivity contribution in [2.24, 2.45) is 5.73 Å². The Balaban J connectivity index is 1.86. The summed E-state index contributed by atoms with van der Waals surface area (Å²) in [4.78, 5) is 14.3. The van der Waals surface area contributed by atoms with Crippen LogP contribution in [-0.2, 0) is 6.54 Å². The lowest BCUT2D eigenvalue weighted by molar-refractivity contribution is 0.102. The van der Waals surface area contributed by atoms with Gasteiger partial charge < -0.3 is 20.4 Å². The van der Waals surface area contributed by atoms with Crippen molar-refractivity contribution < 1.29 is 13.6 Å². The maximum atomic E-state index is 14.2. The minimum atomic E-state index is -0.444. The number of amides is 1. The number of carbonyl (C=O) groups is 1. The number of hydrogen-bond acceptors (Lipinski definition) is 4. The lowest BCUT2D eigenvalue weighted by atomic mass is 10.2. The van der Waals surface area contributed by atoms with Crippen LogP contribution in [0.5, 0.6) is 0 Å². The van der Waals surface area contributed by atoms with Gasteiger partial charge in [0.05, 0.1) is 17.8 Å². The van der Waals surface area contributed by atoms with Crippen molar-refractivity contribution in [1.29, 1.82) is 0 Å². The molecule has 0 bridgehead atoms. The van der Waals surface area contributed by atoms with Crippen LogP contribution in [0.3, 0.4) is 0 Å². The fourth-order valence-electron chi connectivity index (χ4n) is 2.65. The molecule has 0 aliphatic carbocycles. The largest absolute Gasteiger partial charge is 0.467 e. The lowest BCUT2D eigenvalue weighted by Crippen LogP contribution is -2.21. The Morgan fingerprint density at radius 2 is 2.14 bits per heavy atom. The van der Waals surface area contributed by atoms with Gasteiger partial charge in [0.15, 0.2) is 0 Å². The number of anilines is 2. The Hall–Kier alpha value is -2.34. The highest BCUT2D eigenvalue weighted by atomic mass is 19.1. The van der Waals surface area contributed by atoms with E-state index in [1.54, 1.807) is 12.1 Å². The molecule has 0 saturated carbocycles. The molecular weight excluding hydrogens is 285 g/mol. The van der Waals surface area contributed by atoms with Gasteiger partial charge in [-0.15, -0.1) is 0 Å². The minimum absolute atomic E-state index is 0.213. The van der Waals surface area contributed by atoms with E-state index in [0.29, 0.717) is 17.0 Å². The molecule has 1 aliphatic heterocycles. The number of rotatable bonds is 4. The highest BCUT2D eigenvalue weighted by molar-refractivity contribution is 6.06. The van der Waals surface area contributed by atoms with E-state index in [1.807, 2.05) is 6.07 Å². The first-order chi connectivity index (χ1) is 10.7. The standard InChI is InChI=1S/C16H18FN3O2/c17-13-4-3-5-14(20-6-1-2-7-20)15(13)19-16(21)11-8-12(9-18)22-10-11/h3-5,8,10H,1-2,6-7,9,18H2,(H,19,21). The Morgan fingerprint density at radius 1 is 1.36 bits per heavy atom. The van der Waals surface area contributed by atoms with E-state index in [1.165, 1.54) is 12.3 Å². The quantitative estimate of drug-likeness (QED) is 0.911. The van der Waals surface area contributed by atoms with Gasteiger partial charge in [-0.1, -0.05) is 6.07 Å². The molecule has 2 heterocycles. The van der Waals surface area contributed by atoms with Crippen LogP contribution in [0, 0.1) is 5.82 Å². The zero-order valence-corrected chi connectivity index (χ0v) is 12.1. The first-order valence-corrected chi connectivity index (χ1v) is 7.31. The molecule has 1 aromatic heterocycles. The van der Waals surface area contributed by atoms with E-state index < -0.39 is 11.7 Å². The van der Waals surface area contributed by atoms with E-state index in [2.05, 4.69) is 10.2 Å². The third kappa shape index (κ3) is 2.82. The van der Waals surface area contributed by atoms with Gasteiger partial charge in [-0.2, -0.15) is 0 Å². The number of benzene rings is 1. The van der Waals surface area contributed by atoms with Gasteiger partial charge in [0.2, 0.25) is 0 Å². The second kappa shape index (κ2) is 6.19. The molecule has 3 N–H and O–H groups in total. The maximum Gasteiger partial charge on any atom is 0.259 e. The topological polar surface area (TPSA) is 71.5 Å². The average Bonchev–Trinajstić information content (AvgIpc) is 3.20. The average molecular weight is 303 g/mol. The molecule has 1 fully saturated rings. The Bertz CT molecular complexity index is 678. The third-order valence-corrected chi connectivity index (χ3v) is 3.79. The van der Waals surface area contributed by atoms with Crippen LogP contribution in [0.25, 0.3) is 0 Å². The van der Waals surface area contributed by atoms with Crippen LogP contribution in [0.4, 0.5) is 15.8 Å².